The van der Waals surface area contributed by atoms with Crippen molar-refractivity contribution in [2.45, 2.75) is 44.7 Å². The van der Waals surface area contributed by atoms with Gasteiger partial charge in [0.2, 0.25) is 0 Å². The van der Waals surface area contributed by atoms with Gasteiger partial charge in [-0.05, 0) is 6.42 Å². The van der Waals surface area contributed by atoms with Crippen LogP contribution in [0.3, 0.4) is 0 Å². The zero-order valence-electron chi connectivity index (χ0n) is 12.7. The zero-order valence-corrected chi connectivity index (χ0v) is 12.7. The van der Waals surface area contributed by atoms with Gasteiger partial charge in [0.1, 0.15) is 24.9 Å². The number of rotatable bonds is 10. The van der Waals surface area contributed by atoms with Crippen LogP contribution in [0.2, 0.25) is 0 Å². The van der Waals surface area contributed by atoms with E-state index in [1.54, 1.807) is 6.92 Å². The van der Waals surface area contributed by atoms with Gasteiger partial charge in [0.25, 0.3) is 5.91 Å². The van der Waals surface area contributed by atoms with Gasteiger partial charge in [-0.3, -0.25) is 9.59 Å². The molecule has 0 aromatic heterocycles. The van der Waals surface area contributed by atoms with Crippen LogP contribution in [0.15, 0.2) is 0 Å². The number of aliphatic hydroxyl groups excluding tert-OH is 5. The standard InChI is InChI=1S/C13H25NO8/c1-3-7(2)13(21)22-5-4-14-12(20)11(19)10(18)9(17)8(16)6-15/h7-11,15-19H,3-6H2,1-2H3,(H,14,20). The Labute approximate surface area is 128 Å². The average Bonchev–Trinajstić information content (AvgIpc) is 2.54. The molecular weight excluding hydrogens is 298 g/mol. The Hall–Kier alpha value is -1.26. The molecule has 0 saturated heterocycles. The van der Waals surface area contributed by atoms with Crippen LogP contribution in [-0.2, 0) is 14.3 Å². The molecule has 0 heterocycles. The lowest BCUT2D eigenvalue weighted by atomic mass is 10.0. The van der Waals surface area contributed by atoms with Crippen LogP contribution in [0.25, 0.3) is 0 Å². The SMILES string of the molecule is CCC(C)C(=O)OCCNC(=O)C(O)C(O)C(O)C(O)CO. The molecule has 0 aromatic rings. The molecule has 0 fully saturated rings. The summed E-state index contributed by atoms with van der Waals surface area (Å²) in [6, 6.07) is 0. The molecule has 9 heteroatoms. The smallest absolute Gasteiger partial charge is 0.308 e. The van der Waals surface area contributed by atoms with Crippen molar-refractivity contribution in [2.24, 2.45) is 5.92 Å². The molecule has 22 heavy (non-hydrogen) atoms. The Balaban J connectivity index is 4.13. The van der Waals surface area contributed by atoms with E-state index in [2.05, 4.69) is 5.32 Å². The first-order chi connectivity index (χ1) is 10.3. The van der Waals surface area contributed by atoms with E-state index in [1.165, 1.54) is 0 Å². The minimum absolute atomic E-state index is 0.0799. The summed E-state index contributed by atoms with van der Waals surface area (Å²) in [5.74, 6) is -1.66. The Morgan fingerprint density at radius 2 is 1.73 bits per heavy atom. The maximum absolute atomic E-state index is 11.5. The topological polar surface area (TPSA) is 157 Å². The Bertz CT molecular complexity index is 351. The number of ether oxygens (including phenoxy) is 1. The van der Waals surface area contributed by atoms with Crippen LogP contribution in [0.5, 0.6) is 0 Å². The van der Waals surface area contributed by atoms with E-state index in [0.717, 1.165) is 0 Å². The Kier molecular flexibility index (Phi) is 9.86. The monoisotopic (exact) mass is 323 g/mol. The lowest BCUT2D eigenvalue weighted by Crippen LogP contribution is -2.52. The second-order valence-electron chi connectivity index (χ2n) is 4.94. The molecule has 0 saturated carbocycles. The third-order valence-electron chi connectivity index (χ3n) is 3.18. The van der Waals surface area contributed by atoms with Gasteiger partial charge in [-0.2, -0.15) is 0 Å². The molecule has 0 radical (unpaired) electrons. The molecule has 0 aromatic carbocycles. The fraction of sp³-hybridized carbons (Fsp3) is 0.846. The number of hydrogen-bond acceptors (Lipinski definition) is 8. The normalized spacial score (nSPS) is 18.0. The van der Waals surface area contributed by atoms with E-state index >= 15 is 0 Å². The third-order valence-corrected chi connectivity index (χ3v) is 3.18. The molecule has 0 aliphatic carbocycles. The molecule has 0 bridgehead atoms. The van der Waals surface area contributed by atoms with Crippen LogP contribution in [0, 0.1) is 5.92 Å². The Morgan fingerprint density at radius 1 is 1.14 bits per heavy atom. The summed E-state index contributed by atoms with van der Waals surface area (Å²) in [5.41, 5.74) is 0. The van der Waals surface area contributed by atoms with Gasteiger partial charge >= 0.3 is 5.97 Å². The number of carbonyl (C=O) groups is 2. The highest BCUT2D eigenvalue weighted by atomic mass is 16.5. The van der Waals surface area contributed by atoms with E-state index < -0.39 is 42.9 Å². The number of carbonyl (C=O) groups excluding carboxylic acids is 2. The molecule has 0 aliphatic heterocycles. The lowest BCUT2D eigenvalue weighted by molar-refractivity contribution is -0.151. The van der Waals surface area contributed by atoms with Gasteiger partial charge in [-0.15, -0.1) is 0 Å². The average molecular weight is 323 g/mol. The van der Waals surface area contributed by atoms with E-state index in [1.807, 2.05) is 6.92 Å². The second-order valence-corrected chi connectivity index (χ2v) is 4.94. The predicted octanol–water partition coefficient (Wildman–Crippen LogP) is -2.87. The first kappa shape index (κ1) is 20.7. The van der Waals surface area contributed by atoms with Crippen LogP contribution in [0.1, 0.15) is 20.3 Å². The van der Waals surface area contributed by atoms with Gasteiger partial charge in [0.15, 0.2) is 6.10 Å². The summed E-state index contributed by atoms with van der Waals surface area (Å²) >= 11 is 0. The minimum Gasteiger partial charge on any atom is -0.464 e. The maximum atomic E-state index is 11.5. The second kappa shape index (κ2) is 10.5. The Morgan fingerprint density at radius 3 is 2.23 bits per heavy atom. The van der Waals surface area contributed by atoms with Crippen molar-refractivity contribution in [1.29, 1.82) is 0 Å². The molecule has 130 valence electrons. The van der Waals surface area contributed by atoms with E-state index in [9.17, 15) is 24.9 Å². The van der Waals surface area contributed by atoms with Gasteiger partial charge < -0.3 is 35.6 Å². The van der Waals surface area contributed by atoms with Crippen LogP contribution >= 0.6 is 0 Å². The highest BCUT2D eigenvalue weighted by Gasteiger charge is 2.33. The van der Waals surface area contributed by atoms with Gasteiger partial charge in [0.05, 0.1) is 19.1 Å². The van der Waals surface area contributed by atoms with E-state index in [-0.39, 0.29) is 19.1 Å². The van der Waals surface area contributed by atoms with E-state index in [4.69, 9.17) is 14.9 Å². The largest absolute Gasteiger partial charge is 0.464 e. The van der Waals surface area contributed by atoms with Crippen LogP contribution < -0.4 is 5.32 Å². The highest BCUT2D eigenvalue weighted by molar-refractivity contribution is 5.81. The molecule has 0 aliphatic rings. The molecule has 0 spiro atoms. The lowest BCUT2D eigenvalue weighted by Gasteiger charge is -2.24. The van der Waals surface area contributed by atoms with Crippen molar-refractivity contribution in [1.82, 2.24) is 5.32 Å². The highest BCUT2D eigenvalue weighted by Crippen LogP contribution is 2.05. The van der Waals surface area contributed by atoms with Crippen molar-refractivity contribution in [3.63, 3.8) is 0 Å². The zero-order chi connectivity index (χ0) is 17.3. The summed E-state index contributed by atoms with van der Waals surface area (Å²) in [6.07, 6.45) is -6.91. The summed E-state index contributed by atoms with van der Waals surface area (Å²) in [5, 5.41) is 48.3. The molecule has 9 nitrogen and oxygen atoms in total. The fourth-order valence-electron chi connectivity index (χ4n) is 1.42. The number of amides is 1. The maximum Gasteiger partial charge on any atom is 0.308 e. The quantitative estimate of drug-likeness (QED) is 0.185. The van der Waals surface area contributed by atoms with Crippen molar-refractivity contribution in [2.75, 3.05) is 19.8 Å². The van der Waals surface area contributed by atoms with E-state index in [0.29, 0.717) is 6.42 Å². The van der Waals surface area contributed by atoms with Gasteiger partial charge in [-0.25, -0.2) is 0 Å². The minimum atomic E-state index is -2.00. The number of esters is 1. The first-order valence-corrected chi connectivity index (χ1v) is 7.03. The number of hydrogen-bond donors (Lipinski definition) is 6. The summed E-state index contributed by atoms with van der Waals surface area (Å²) in [7, 11) is 0. The van der Waals surface area contributed by atoms with Crippen molar-refractivity contribution < 1.29 is 39.9 Å². The molecule has 6 N–H and O–H groups in total. The van der Waals surface area contributed by atoms with Crippen LogP contribution in [-0.4, -0.2) is 81.6 Å². The predicted molar refractivity (Wildman–Crippen MR) is 74.5 cm³/mol. The van der Waals surface area contributed by atoms with Crippen molar-refractivity contribution in [3.8, 4) is 0 Å². The van der Waals surface area contributed by atoms with Gasteiger partial charge in [-0.1, -0.05) is 13.8 Å². The molecule has 5 unspecified atom stereocenters. The van der Waals surface area contributed by atoms with Crippen LogP contribution in [0.4, 0.5) is 0 Å². The first-order valence-electron chi connectivity index (χ1n) is 7.03. The van der Waals surface area contributed by atoms with Crippen molar-refractivity contribution in [3.05, 3.63) is 0 Å². The molecular formula is C13H25NO8. The third kappa shape index (κ3) is 6.67. The summed E-state index contributed by atoms with van der Waals surface area (Å²) in [6.45, 7) is 2.52. The van der Waals surface area contributed by atoms with Gasteiger partial charge in [0, 0.05) is 0 Å². The summed E-state index contributed by atoms with van der Waals surface area (Å²) in [4.78, 5) is 22.9. The number of aliphatic hydroxyl groups is 5. The molecule has 1 amide bonds. The molecule has 5 atom stereocenters. The van der Waals surface area contributed by atoms with Crippen molar-refractivity contribution >= 4 is 11.9 Å². The summed E-state index contributed by atoms with van der Waals surface area (Å²) < 4.78 is 4.87. The molecule has 0 rings (SSSR count). The number of nitrogens with one attached hydrogen (secondary N) is 1. The fourth-order valence-corrected chi connectivity index (χ4v) is 1.42.